The van der Waals surface area contributed by atoms with E-state index >= 15 is 0 Å². The molecule has 1 aromatic carbocycles. The molecule has 0 radical (unpaired) electrons. The molecule has 2 rings (SSSR count). The summed E-state index contributed by atoms with van der Waals surface area (Å²) in [6.45, 7) is 0.203. The lowest BCUT2D eigenvalue weighted by Crippen LogP contribution is -2.44. The van der Waals surface area contributed by atoms with E-state index in [0.29, 0.717) is 12.8 Å². The molecule has 0 aliphatic carbocycles. The van der Waals surface area contributed by atoms with Crippen LogP contribution in [0.1, 0.15) is 12.8 Å². The number of piperidine rings is 1. The summed E-state index contributed by atoms with van der Waals surface area (Å²) in [5.74, 6) is -2.20. The maximum atomic E-state index is 13.1. The third kappa shape index (κ3) is 3.92. The Labute approximate surface area is 130 Å². The largest absolute Gasteiger partial charge is 0.481 e. The van der Waals surface area contributed by atoms with Crippen molar-refractivity contribution in [1.29, 1.82) is 0 Å². The summed E-state index contributed by atoms with van der Waals surface area (Å²) >= 11 is 2.98. The zero-order chi connectivity index (χ0) is 15.6. The first-order chi connectivity index (χ1) is 9.79. The van der Waals surface area contributed by atoms with Crippen molar-refractivity contribution in [2.24, 2.45) is 5.92 Å². The molecule has 1 heterocycles. The second kappa shape index (κ2) is 6.29. The van der Waals surface area contributed by atoms with E-state index < -0.39 is 27.9 Å². The molecule has 1 fully saturated rings. The van der Waals surface area contributed by atoms with Gasteiger partial charge < -0.3 is 5.11 Å². The van der Waals surface area contributed by atoms with Gasteiger partial charge in [0.05, 0.1) is 16.1 Å². The molecule has 1 aliphatic heterocycles. The predicted octanol–water partition coefficient (Wildman–Crippen LogP) is 2.04. The Morgan fingerprint density at radius 3 is 2.81 bits per heavy atom. The highest BCUT2D eigenvalue weighted by atomic mass is 79.9. The average Bonchev–Trinajstić information content (AvgIpc) is 2.43. The number of hydrogen-bond acceptors (Lipinski definition) is 3. The summed E-state index contributed by atoms with van der Waals surface area (Å²) in [4.78, 5) is 11.0. The van der Waals surface area contributed by atoms with Gasteiger partial charge in [0.15, 0.2) is 0 Å². The van der Waals surface area contributed by atoms with Gasteiger partial charge in [-0.25, -0.2) is 4.39 Å². The third-order valence-corrected chi connectivity index (χ3v) is 5.35. The highest BCUT2D eigenvalue weighted by Gasteiger charge is 2.32. The van der Waals surface area contributed by atoms with E-state index in [1.807, 2.05) is 0 Å². The van der Waals surface area contributed by atoms with Crippen LogP contribution in [0.4, 0.5) is 10.1 Å². The van der Waals surface area contributed by atoms with Gasteiger partial charge in [0.1, 0.15) is 5.82 Å². The fourth-order valence-electron chi connectivity index (χ4n) is 2.14. The minimum absolute atomic E-state index is 0.0625. The van der Waals surface area contributed by atoms with Gasteiger partial charge in [0, 0.05) is 13.1 Å². The number of nitrogens with zero attached hydrogens (tertiary/aromatic N) is 1. The van der Waals surface area contributed by atoms with E-state index in [-0.39, 0.29) is 23.2 Å². The van der Waals surface area contributed by atoms with Crippen LogP contribution in [0.3, 0.4) is 0 Å². The van der Waals surface area contributed by atoms with Gasteiger partial charge >= 0.3 is 16.2 Å². The smallest absolute Gasteiger partial charge is 0.307 e. The molecule has 1 saturated heterocycles. The molecule has 1 aromatic rings. The third-order valence-electron chi connectivity index (χ3n) is 3.24. The first kappa shape index (κ1) is 16.2. The second-order valence-corrected chi connectivity index (χ2v) is 7.30. The Hall–Kier alpha value is -1.19. The molecule has 0 saturated carbocycles. The van der Waals surface area contributed by atoms with E-state index in [2.05, 4.69) is 20.7 Å². The molecule has 0 aromatic heterocycles. The molecule has 116 valence electrons. The summed E-state index contributed by atoms with van der Waals surface area (Å²) in [5, 5.41) is 8.99. The molecule has 0 spiro atoms. The van der Waals surface area contributed by atoms with E-state index in [0.717, 1.165) is 10.4 Å². The number of carbonyl (C=O) groups is 1. The fourth-order valence-corrected chi connectivity index (χ4v) is 3.81. The van der Waals surface area contributed by atoms with Crippen molar-refractivity contribution in [3.63, 3.8) is 0 Å². The van der Waals surface area contributed by atoms with Gasteiger partial charge in [0.25, 0.3) is 0 Å². The molecule has 9 heteroatoms. The highest BCUT2D eigenvalue weighted by Crippen LogP contribution is 2.24. The normalized spacial score (nSPS) is 20.2. The molecule has 0 amide bonds. The maximum Gasteiger partial charge on any atom is 0.307 e. The van der Waals surface area contributed by atoms with Crippen LogP contribution >= 0.6 is 15.9 Å². The van der Waals surface area contributed by atoms with Crippen molar-refractivity contribution < 1.29 is 22.7 Å². The van der Waals surface area contributed by atoms with Gasteiger partial charge in [-0.3, -0.25) is 9.52 Å². The van der Waals surface area contributed by atoms with Crippen LogP contribution in [0.25, 0.3) is 0 Å². The Morgan fingerprint density at radius 2 is 2.19 bits per heavy atom. The Balaban J connectivity index is 2.14. The van der Waals surface area contributed by atoms with Gasteiger partial charge in [-0.05, 0) is 47.0 Å². The average molecular weight is 381 g/mol. The van der Waals surface area contributed by atoms with Crippen molar-refractivity contribution in [3.05, 3.63) is 28.5 Å². The minimum Gasteiger partial charge on any atom is -0.481 e. The van der Waals surface area contributed by atoms with E-state index in [1.165, 1.54) is 12.1 Å². The lowest BCUT2D eigenvalue weighted by Gasteiger charge is -2.29. The fraction of sp³-hybridized carbons (Fsp3) is 0.417. The Bertz CT molecular complexity index is 653. The van der Waals surface area contributed by atoms with Crippen LogP contribution < -0.4 is 4.72 Å². The van der Waals surface area contributed by atoms with Gasteiger partial charge in [-0.1, -0.05) is 0 Å². The summed E-state index contributed by atoms with van der Waals surface area (Å²) in [5.41, 5.74) is 0.209. The molecule has 21 heavy (non-hydrogen) atoms. The molecular formula is C12H14BrFN2O4S. The summed E-state index contributed by atoms with van der Waals surface area (Å²) in [6.07, 6.45) is 0.953. The molecular weight excluding hydrogens is 367 g/mol. The molecule has 0 bridgehead atoms. The number of rotatable bonds is 4. The maximum absolute atomic E-state index is 13.1. The highest BCUT2D eigenvalue weighted by molar-refractivity contribution is 9.10. The first-order valence-electron chi connectivity index (χ1n) is 6.25. The SMILES string of the molecule is O=C(O)C1CCCN(S(=O)(=O)Nc2ccc(F)c(Br)c2)C1. The number of hydrogen-bond donors (Lipinski definition) is 2. The topological polar surface area (TPSA) is 86.7 Å². The lowest BCUT2D eigenvalue weighted by molar-refractivity contribution is -0.142. The van der Waals surface area contributed by atoms with Gasteiger partial charge in [-0.15, -0.1) is 0 Å². The Kier molecular flexibility index (Phi) is 4.84. The molecule has 2 N–H and O–H groups in total. The monoisotopic (exact) mass is 380 g/mol. The first-order valence-corrected chi connectivity index (χ1v) is 8.48. The lowest BCUT2D eigenvalue weighted by atomic mass is 10.0. The van der Waals surface area contributed by atoms with Crippen molar-refractivity contribution in [2.75, 3.05) is 17.8 Å². The zero-order valence-electron chi connectivity index (χ0n) is 10.9. The number of aliphatic carboxylic acids is 1. The van der Waals surface area contributed by atoms with Crippen LogP contribution in [0.2, 0.25) is 0 Å². The van der Waals surface area contributed by atoms with Crippen LogP contribution in [0.15, 0.2) is 22.7 Å². The van der Waals surface area contributed by atoms with Crippen molar-refractivity contribution in [2.45, 2.75) is 12.8 Å². The standard InChI is InChI=1S/C12H14BrFN2O4S/c13-10-6-9(3-4-11(10)14)15-21(19,20)16-5-1-2-8(7-16)12(17)18/h3-4,6,8,15H,1-2,5,7H2,(H,17,18). The number of carboxylic acid groups (broad SMARTS) is 1. The van der Waals surface area contributed by atoms with Crippen LogP contribution in [-0.2, 0) is 15.0 Å². The number of anilines is 1. The molecule has 1 unspecified atom stereocenters. The quantitative estimate of drug-likeness (QED) is 0.836. The molecule has 1 atom stereocenters. The van der Waals surface area contributed by atoms with Crippen LogP contribution in [0, 0.1) is 11.7 Å². The minimum atomic E-state index is -3.86. The van der Waals surface area contributed by atoms with E-state index in [1.54, 1.807) is 0 Å². The van der Waals surface area contributed by atoms with Gasteiger partial charge in [-0.2, -0.15) is 12.7 Å². The van der Waals surface area contributed by atoms with E-state index in [9.17, 15) is 17.6 Å². The van der Waals surface area contributed by atoms with E-state index in [4.69, 9.17) is 5.11 Å². The van der Waals surface area contributed by atoms with Crippen LogP contribution in [0.5, 0.6) is 0 Å². The summed E-state index contributed by atoms with van der Waals surface area (Å²) in [7, 11) is -3.86. The number of benzene rings is 1. The number of halogens is 2. The number of carboxylic acids is 1. The van der Waals surface area contributed by atoms with Gasteiger partial charge in [0.2, 0.25) is 0 Å². The number of nitrogens with one attached hydrogen (secondary N) is 1. The molecule has 6 nitrogen and oxygen atoms in total. The summed E-state index contributed by atoms with van der Waals surface area (Å²) in [6, 6.07) is 3.75. The van der Waals surface area contributed by atoms with Crippen molar-refractivity contribution in [3.8, 4) is 0 Å². The molecule has 1 aliphatic rings. The van der Waals surface area contributed by atoms with Crippen LogP contribution in [-0.4, -0.2) is 36.9 Å². The predicted molar refractivity (Wildman–Crippen MR) is 78.6 cm³/mol. The van der Waals surface area contributed by atoms with Crippen molar-refractivity contribution >= 4 is 37.8 Å². The summed E-state index contributed by atoms with van der Waals surface area (Å²) < 4.78 is 41.2. The van der Waals surface area contributed by atoms with Crippen molar-refractivity contribution in [1.82, 2.24) is 4.31 Å². The Morgan fingerprint density at radius 1 is 1.48 bits per heavy atom. The second-order valence-electron chi connectivity index (χ2n) is 4.77. The zero-order valence-corrected chi connectivity index (χ0v) is 13.3.